The number of rotatable bonds is 4. The highest BCUT2D eigenvalue weighted by Crippen LogP contribution is 2.25. The molecule has 0 aliphatic carbocycles. The van der Waals surface area contributed by atoms with Gasteiger partial charge in [-0.3, -0.25) is 14.9 Å². The third-order valence-electron chi connectivity index (χ3n) is 4.03. The second kappa shape index (κ2) is 6.77. The molecule has 0 saturated carbocycles. The number of H-pyrrole nitrogens is 1. The van der Waals surface area contributed by atoms with E-state index >= 15 is 0 Å². The third kappa shape index (κ3) is 3.42. The molecule has 0 unspecified atom stereocenters. The minimum absolute atomic E-state index is 0.0206. The van der Waals surface area contributed by atoms with E-state index in [-0.39, 0.29) is 23.7 Å². The summed E-state index contributed by atoms with van der Waals surface area (Å²) in [7, 11) is 0. The first-order valence-corrected chi connectivity index (χ1v) is 7.95. The molecule has 8 heteroatoms. The van der Waals surface area contributed by atoms with Crippen LogP contribution in [0.15, 0.2) is 24.3 Å². The van der Waals surface area contributed by atoms with Crippen molar-refractivity contribution in [2.45, 2.75) is 39.3 Å². The minimum Gasteiger partial charge on any atom is -0.326 e. The molecule has 2 heterocycles. The lowest BCUT2D eigenvalue weighted by Gasteiger charge is -2.36. The Hall–Kier alpha value is -2.77. The summed E-state index contributed by atoms with van der Waals surface area (Å²) in [6.45, 7) is 4.42. The Morgan fingerprint density at radius 2 is 2.08 bits per heavy atom. The number of hydrogen-bond acceptors (Lipinski definition) is 5. The van der Waals surface area contributed by atoms with Crippen molar-refractivity contribution < 1.29 is 9.59 Å². The van der Waals surface area contributed by atoms with Gasteiger partial charge in [0.2, 0.25) is 11.8 Å². The van der Waals surface area contributed by atoms with E-state index in [0.29, 0.717) is 19.4 Å². The molecule has 8 nitrogen and oxygen atoms in total. The Kier molecular flexibility index (Phi) is 4.54. The Morgan fingerprint density at radius 3 is 2.75 bits per heavy atom. The van der Waals surface area contributed by atoms with Crippen molar-refractivity contribution in [2.24, 2.45) is 5.92 Å². The molecule has 1 atom stereocenters. The van der Waals surface area contributed by atoms with E-state index in [9.17, 15) is 9.59 Å². The van der Waals surface area contributed by atoms with Gasteiger partial charge < -0.3 is 4.90 Å². The molecule has 0 radical (unpaired) electrons. The topological polar surface area (TPSA) is 104 Å². The third-order valence-corrected chi connectivity index (χ3v) is 4.03. The highest BCUT2D eigenvalue weighted by atomic mass is 16.2. The summed E-state index contributed by atoms with van der Waals surface area (Å²) in [5.41, 5.74) is 2.16. The fourth-order valence-corrected chi connectivity index (χ4v) is 2.89. The summed E-state index contributed by atoms with van der Waals surface area (Å²) in [6.07, 6.45) is 0.887. The standard InChI is InChI=1S/C16H20N6O2/c1-10(2)7-14(23)22-9-12-6-4-3-5-11(12)8-13(22)15(24)17-16-18-20-21-19-16/h3-6,10,13H,7-9H2,1-2H3,(H2,17,18,19,20,21,24)/t13-/m0/s1. The zero-order valence-corrected chi connectivity index (χ0v) is 13.7. The van der Waals surface area contributed by atoms with Gasteiger partial charge in [0.25, 0.3) is 5.95 Å². The molecule has 0 fully saturated rings. The molecule has 2 aromatic rings. The highest BCUT2D eigenvalue weighted by molar-refractivity contribution is 5.96. The van der Waals surface area contributed by atoms with E-state index in [0.717, 1.165) is 11.1 Å². The molecular formula is C16H20N6O2. The van der Waals surface area contributed by atoms with Gasteiger partial charge >= 0.3 is 0 Å². The number of aromatic amines is 1. The zero-order valence-electron chi connectivity index (χ0n) is 13.7. The van der Waals surface area contributed by atoms with Crippen LogP contribution in [0.2, 0.25) is 0 Å². The number of fused-ring (bicyclic) bond motifs is 1. The first-order valence-electron chi connectivity index (χ1n) is 7.95. The van der Waals surface area contributed by atoms with Gasteiger partial charge in [-0.25, -0.2) is 0 Å². The molecule has 2 amide bonds. The Labute approximate surface area is 139 Å². The number of tetrazole rings is 1. The van der Waals surface area contributed by atoms with Gasteiger partial charge in [0.15, 0.2) is 0 Å². The summed E-state index contributed by atoms with van der Waals surface area (Å²) >= 11 is 0. The fraction of sp³-hybridized carbons (Fsp3) is 0.438. The summed E-state index contributed by atoms with van der Waals surface area (Å²) in [5, 5.41) is 15.8. The molecule has 1 aliphatic heterocycles. The first-order chi connectivity index (χ1) is 11.5. The van der Waals surface area contributed by atoms with Crippen molar-refractivity contribution >= 4 is 17.8 Å². The molecule has 0 spiro atoms. The summed E-state index contributed by atoms with van der Waals surface area (Å²) < 4.78 is 0. The number of benzene rings is 1. The maximum absolute atomic E-state index is 12.6. The molecule has 1 aromatic carbocycles. The molecule has 126 valence electrons. The van der Waals surface area contributed by atoms with Crippen LogP contribution >= 0.6 is 0 Å². The van der Waals surface area contributed by atoms with Gasteiger partial charge in [0.1, 0.15) is 6.04 Å². The average Bonchev–Trinajstić information content (AvgIpc) is 3.05. The van der Waals surface area contributed by atoms with Gasteiger partial charge in [-0.15, -0.1) is 5.10 Å². The number of hydrogen-bond donors (Lipinski definition) is 2. The zero-order chi connectivity index (χ0) is 17.1. The molecular weight excluding hydrogens is 308 g/mol. The molecule has 0 saturated heterocycles. The Bertz CT molecular complexity index is 728. The van der Waals surface area contributed by atoms with E-state index in [2.05, 4.69) is 25.9 Å². The number of nitrogens with zero attached hydrogens (tertiary/aromatic N) is 4. The van der Waals surface area contributed by atoms with Crippen molar-refractivity contribution in [3.8, 4) is 0 Å². The Balaban J connectivity index is 1.84. The van der Waals surface area contributed by atoms with Gasteiger partial charge in [0, 0.05) is 19.4 Å². The molecule has 2 N–H and O–H groups in total. The molecule has 1 aliphatic rings. The van der Waals surface area contributed by atoms with E-state index in [1.165, 1.54) is 0 Å². The van der Waals surface area contributed by atoms with Gasteiger partial charge in [-0.1, -0.05) is 43.2 Å². The summed E-state index contributed by atoms with van der Waals surface area (Å²) in [5.74, 6) is 0.0153. The predicted molar refractivity (Wildman–Crippen MR) is 86.7 cm³/mol. The van der Waals surface area contributed by atoms with Crippen LogP contribution in [0.4, 0.5) is 5.95 Å². The van der Waals surface area contributed by atoms with Crippen molar-refractivity contribution in [1.82, 2.24) is 25.5 Å². The highest BCUT2D eigenvalue weighted by Gasteiger charge is 2.34. The van der Waals surface area contributed by atoms with E-state index in [4.69, 9.17) is 0 Å². The fourth-order valence-electron chi connectivity index (χ4n) is 2.89. The van der Waals surface area contributed by atoms with Gasteiger partial charge in [-0.05, 0) is 22.3 Å². The largest absolute Gasteiger partial charge is 0.326 e. The van der Waals surface area contributed by atoms with Crippen molar-refractivity contribution in [3.05, 3.63) is 35.4 Å². The molecule has 1 aromatic heterocycles. The van der Waals surface area contributed by atoms with Gasteiger partial charge in [0.05, 0.1) is 0 Å². The van der Waals surface area contributed by atoms with E-state index in [1.54, 1.807) is 4.90 Å². The summed E-state index contributed by atoms with van der Waals surface area (Å²) in [6, 6.07) is 7.30. The van der Waals surface area contributed by atoms with Crippen LogP contribution < -0.4 is 5.32 Å². The lowest BCUT2D eigenvalue weighted by Crippen LogP contribution is -2.51. The number of carbonyl (C=O) groups excluding carboxylic acids is 2. The maximum atomic E-state index is 12.6. The van der Waals surface area contributed by atoms with Crippen LogP contribution in [-0.2, 0) is 22.6 Å². The smallest absolute Gasteiger partial charge is 0.269 e. The number of carbonyl (C=O) groups is 2. The average molecular weight is 328 g/mol. The van der Waals surface area contributed by atoms with E-state index < -0.39 is 6.04 Å². The lowest BCUT2D eigenvalue weighted by atomic mass is 9.92. The Morgan fingerprint density at radius 1 is 1.33 bits per heavy atom. The SMILES string of the molecule is CC(C)CC(=O)N1Cc2ccccc2C[C@H]1C(=O)Nc1nn[nH]n1. The van der Waals surface area contributed by atoms with Crippen LogP contribution in [-0.4, -0.2) is 43.4 Å². The second-order valence-electron chi connectivity index (χ2n) is 6.33. The van der Waals surface area contributed by atoms with Crippen LogP contribution in [0.25, 0.3) is 0 Å². The minimum atomic E-state index is -0.579. The quantitative estimate of drug-likeness (QED) is 0.876. The van der Waals surface area contributed by atoms with E-state index in [1.807, 2.05) is 38.1 Å². The van der Waals surface area contributed by atoms with Crippen LogP contribution in [0.1, 0.15) is 31.4 Å². The monoisotopic (exact) mass is 328 g/mol. The van der Waals surface area contributed by atoms with Crippen LogP contribution in [0.5, 0.6) is 0 Å². The predicted octanol–water partition coefficient (Wildman–Crippen LogP) is 1.14. The number of amides is 2. The number of anilines is 1. The second-order valence-corrected chi connectivity index (χ2v) is 6.33. The first kappa shape index (κ1) is 16.1. The number of aromatic nitrogens is 4. The molecule has 24 heavy (non-hydrogen) atoms. The normalized spacial score (nSPS) is 16.8. The lowest BCUT2D eigenvalue weighted by molar-refractivity contribution is -0.140. The number of nitrogens with one attached hydrogen (secondary N) is 2. The molecule has 3 rings (SSSR count). The van der Waals surface area contributed by atoms with Crippen molar-refractivity contribution in [2.75, 3.05) is 5.32 Å². The van der Waals surface area contributed by atoms with Crippen molar-refractivity contribution in [3.63, 3.8) is 0 Å². The van der Waals surface area contributed by atoms with Crippen LogP contribution in [0.3, 0.4) is 0 Å². The molecule has 0 bridgehead atoms. The maximum Gasteiger partial charge on any atom is 0.269 e. The van der Waals surface area contributed by atoms with Crippen molar-refractivity contribution in [1.29, 1.82) is 0 Å². The summed E-state index contributed by atoms with van der Waals surface area (Å²) in [4.78, 5) is 26.9. The van der Waals surface area contributed by atoms with Gasteiger partial charge in [-0.2, -0.15) is 5.21 Å². The van der Waals surface area contributed by atoms with Crippen LogP contribution in [0, 0.1) is 5.92 Å².